The van der Waals surface area contributed by atoms with Gasteiger partial charge in [0.15, 0.2) is 0 Å². The van der Waals surface area contributed by atoms with Crippen LogP contribution in [0.4, 0.5) is 0 Å². The average Bonchev–Trinajstić information content (AvgIpc) is 3.33. The van der Waals surface area contributed by atoms with Crippen LogP contribution < -0.4 is 0 Å². The van der Waals surface area contributed by atoms with Crippen LogP contribution >= 0.6 is 0 Å². The molecule has 7 heteroatoms. The summed E-state index contributed by atoms with van der Waals surface area (Å²) in [5, 5.41) is 8.20. The van der Waals surface area contributed by atoms with Gasteiger partial charge in [-0.3, -0.25) is 14.5 Å². The molecule has 3 aromatic rings. The topological polar surface area (TPSA) is 77.0 Å². The molecule has 1 aliphatic heterocycles. The number of hydrogen-bond donors (Lipinski definition) is 0. The quantitative estimate of drug-likeness (QED) is 0.695. The van der Waals surface area contributed by atoms with Crippen molar-refractivity contribution in [1.82, 2.24) is 24.8 Å². The minimum absolute atomic E-state index is 0.0564. The zero-order chi connectivity index (χ0) is 19.7. The Balaban J connectivity index is 1.48. The number of hydrogen-bond acceptors (Lipinski definition) is 5. The molecule has 1 fully saturated rings. The third kappa shape index (κ3) is 3.44. The van der Waals surface area contributed by atoms with Crippen LogP contribution in [-0.2, 0) is 13.5 Å². The second kappa shape index (κ2) is 7.58. The fourth-order valence-corrected chi connectivity index (χ4v) is 3.90. The Morgan fingerprint density at radius 3 is 2.75 bits per heavy atom. The minimum Gasteiger partial charge on any atom is -0.360 e. The van der Waals surface area contributed by atoms with Gasteiger partial charge in [0, 0.05) is 44.4 Å². The van der Waals surface area contributed by atoms with E-state index in [4.69, 9.17) is 9.51 Å². The summed E-state index contributed by atoms with van der Waals surface area (Å²) in [6, 6.07) is 6.15. The lowest BCUT2D eigenvalue weighted by molar-refractivity contribution is 0.0712. The number of carbonyl (C=O) groups is 1. The Morgan fingerprint density at radius 1 is 1.29 bits per heavy atom. The highest BCUT2D eigenvalue weighted by atomic mass is 16.5. The van der Waals surface area contributed by atoms with Gasteiger partial charge in [0.2, 0.25) is 0 Å². The monoisotopic (exact) mass is 379 g/mol. The summed E-state index contributed by atoms with van der Waals surface area (Å²) in [4.78, 5) is 19.4. The number of aryl methyl sites for hydroxylation is 3. The van der Waals surface area contributed by atoms with Gasteiger partial charge in [-0.05, 0) is 31.9 Å². The molecule has 0 bridgehead atoms. The molecule has 1 saturated heterocycles. The highest BCUT2D eigenvalue weighted by molar-refractivity contribution is 5.93. The number of likely N-dealkylation sites (tertiary alicyclic amines) is 1. The van der Waals surface area contributed by atoms with Gasteiger partial charge in [-0.1, -0.05) is 18.1 Å². The lowest BCUT2D eigenvalue weighted by Gasteiger charge is -2.31. The van der Waals surface area contributed by atoms with E-state index in [0.717, 1.165) is 60.8 Å². The van der Waals surface area contributed by atoms with E-state index in [0.29, 0.717) is 11.5 Å². The van der Waals surface area contributed by atoms with Crippen LogP contribution in [0.25, 0.3) is 11.3 Å². The number of piperidine rings is 1. The zero-order valence-corrected chi connectivity index (χ0v) is 16.6. The highest BCUT2D eigenvalue weighted by Crippen LogP contribution is 2.31. The van der Waals surface area contributed by atoms with E-state index in [-0.39, 0.29) is 5.91 Å². The Labute approximate surface area is 164 Å². The Hall–Kier alpha value is -2.96. The molecule has 0 aromatic carbocycles. The van der Waals surface area contributed by atoms with Crippen LogP contribution in [-0.4, -0.2) is 43.8 Å². The van der Waals surface area contributed by atoms with Crippen molar-refractivity contribution in [2.75, 3.05) is 13.1 Å². The van der Waals surface area contributed by atoms with Crippen molar-refractivity contribution in [3.05, 3.63) is 53.3 Å². The molecular weight excluding hydrogens is 354 g/mol. The van der Waals surface area contributed by atoms with Gasteiger partial charge in [-0.2, -0.15) is 5.10 Å². The van der Waals surface area contributed by atoms with Crippen LogP contribution in [0.2, 0.25) is 0 Å². The summed E-state index contributed by atoms with van der Waals surface area (Å²) in [7, 11) is 1.82. The SMILES string of the molecule is CCc1onc(C)c1-c1cccc(C2CCN(C(=O)c3cnn(C)c3)CC2)n1. The van der Waals surface area contributed by atoms with Gasteiger partial charge in [0.25, 0.3) is 5.91 Å². The highest BCUT2D eigenvalue weighted by Gasteiger charge is 2.26. The number of amides is 1. The summed E-state index contributed by atoms with van der Waals surface area (Å²) in [5.41, 5.74) is 4.53. The first kappa shape index (κ1) is 18.4. The summed E-state index contributed by atoms with van der Waals surface area (Å²) in [6.07, 6.45) is 6.01. The normalized spacial score (nSPS) is 15.2. The maximum atomic E-state index is 12.6. The molecule has 0 atom stereocenters. The fourth-order valence-electron chi connectivity index (χ4n) is 3.90. The molecule has 0 aliphatic carbocycles. The number of rotatable bonds is 4. The van der Waals surface area contributed by atoms with E-state index in [2.05, 4.69) is 29.3 Å². The van der Waals surface area contributed by atoms with Crippen molar-refractivity contribution in [3.63, 3.8) is 0 Å². The molecule has 0 N–H and O–H groups in total. The summed E-state index contributed by atoms with van der Waals surface area (Å²) < 4.78 is 7.09. The van der Waals surface area contributed by atoms with Crippen LogP contribution in [0, 0.1) is 6.92 Å². The molecule has 4 rings (SSSR count). The van der Waals surface area contributed by atoms with Gasteiger partial charge >= 0.3 is 0 Å². The molecule has 1 amide bonds. The van der Waals surface area contributed by atoms with Gasteiger partial charge < -0.3 is 9.42 Å². The van der Waals surface area contributed by atoms with Crippen molar-refractivity contribution in [3.8, 4) is 11.3 Å². The van der Waals surface area contributed by atoms with Gasteiger partial charge in [0.05, 0.1) is 28.7 Å². The molecule has 1 aliphatic rings. The molecule has 0 radical (unpaired) electrons. The van der Waals surface area contributed by atoms with Crippen LogP contribution in [0.5, 0.6) is 0 Å². The first-order chi connectivity index (χ1) is 13.6. The molecule has 28 heavy (non-hydrogen) atoms. The molecule has 0 spiro atoms. The maximum absolute atomic E-state index is 12.6. The van der Waals surface area contributed by atoms with Crippen molar-refractivity contribution >= 4 is 5.91 Å². The first-order valence-electron chi connectivity index (χ1n) is 9.77. The lowest BCUT2D eigenvalue weighted by atomic mass is 9.92. The molecular formula is C21H25N5O2. The van der Waals surface area contributed by atoms with E-state index in [1.54, 1.807) is 17.1 Å². The first-order valence-corrected chi connectivity index (χ1v) is 9.77. The molecule has 7 nitrogen and oxygen atoms in total. The van der Waals surface area contributed by atoms with Crippen LogP contribution in [0.15, 0.2) is 35.1 Å². The predicted molar refractivity (Wildman–Crippen MR) is 105 cm³/mol. The Morgan fingerprint density at radius 2 is 2.07 bits per heavy atom. The Bertz CT molecular complexity index is 982. The van der Waals surface area contributed by atoms with Crippen molar-refractivity contribution in [1.29, 1.82) is 0 Å². The summed E-state index contributed by atoms with van der Waals surface area (Å²) >= 11 is 0. The van der Waals surface area contributed by atoms with Gasteiger partial charge in [-0.15, -0.1) is 0 Å². The van der Waals surface area contributed by atoms with Crippen molar-refractivity contribution < 1.29 is 9.32 Å². The second-order valence-corrected chi connectivity index (χ2v) is 7.34. The standard InChI is InChI=1S/C21H25N5O2/c1-4-19-20(14(2)24-28-19)18-7-5-6-17(23-18)15-8-10-26(11-9-15)21(27)16-12-22-25(3)13-16/h5-7,12-13,15H,4,8-11H2,1-3H3. The molecule has 0 unspecified atom stereocenters. The molecule has 146 valence electrons. The van der Waals surface area contributed by atoms with E-state index >= 15 is 0 Å². The zero-order valence-electron chi connectivity index (χ0n) is 16.6. The fraction of sp³-hybridized carbons (Fsp3) is 0.429. The number of carbonyl (C=O) groups excluding carboxylic acids is 1. The minimum atomic E-state index is 0.0564. The maximum Gasteiger partial charge on any atom is 0.257 e. The number of pyridine rings is 1. The number of aromatic nitrogens is 4. The van der Waals surface area contributed by atoms with Crippen molar-refractivity contribution in [2.24, 2.45) is 7.05 Å². The van der Waals surface area contributed by atoms with E-state index in [9.17, 15) is 4.79 Å². The summed E-state index contributed by atoms with van der Waals surface area (Å²) in [5.74, 6) is 1.28. The van der Waals surface area contributed by atoms with Crippen LogP contribution in [0.3, 0.4) is 0 Å². The third-order valence-electron chi connectivity index (χ3n) is 5.43. The van der Waals surface area contributed by atoms with Crippen LogP contribution in [0.1, 0.15) is 53.2 Å². The van der Waals surface area contributed by atoms with E-state index < -0.39 is 0 Å². The number of nitrogens with zero attached hydrogens (tertiary/aromatic N) is 5. The third-order valence-corrected chi connectivity index (χ3v) is 5.43. The van der Waals surface area contributed by atoms with Gasteiger partial charge in [0.1, 0.15) is 5.76 Å². The van der Waals surface area contributed by atoms with Crippen molar-refractivity contribution in [2.45, 2.75) is 39.0 Å². The van der Waals surface area contributed by atoms with E-state index in [1.807, 2.05) is 24.9 Å². The predicted octanol–water partition coefficient (Wildman–Crippen LogP) is 3.36. The molecule has 0 saturated carbocycles. The molecule has 4 heterocycles. The average molecular weight is 379 g/mol. The Kier molecular flexibility index (Phi) is 4.98. The summed E-state index contributed by atoms with van der Waals surface area (Å²) in [6.45, 7) is 5.48. The molecule has 3 aromatic heterocycles. The second-order valence-electron chi connectivity index (χ2n) is 7.34. The largest absolute Gasteiger partial charge is 0.360 e. The lowest BCUT2D eigenvalue weighted by Crippen LogP contribution is -2.37. The van der Waals surface area contributed by atoms with Gasteiger partial charge in [-0.25, -0.2) is 0 Å². The smallest absolute Gasteiger partial charge is 0.257 e. The van der Waals surface area contributed by atoms with E-state index in [1.165, 1.54) is 0 Å².